The van der Waals surface area contributed by atoms with Crippen LogP contribution in [0.25, 0.3) is 0 Å². The van der Waals surface area contributed by atoms with Gasteiger partial charge in [-0.2, -0.15) is 5.26 Å². The van der Waals surface area contributed by atoms with Crippen molar-refractivity contribution in [3.05, 3.63) is 65.7 Å². The van der Waals surface area contributed by atoms with E-state index >= 15 is 0 Å². The molecule has 2 aromatic carbocycles. The van der Waals surface area contributed by atoms with Crippen LogP contribution in [-0.4, -0.2) is 23.4 Å². The van der Waals surface area contributed by atoms with E-state index in [1.54, 1.807) is 18.2 Å². The second-order valence-corrected chi connectivity index (χ2v) is 7.20. The van der Waals surface area contributed by atoms with Crippen molar-refractivity contribution in [3.8, 4) is 6.07 Å². The van der Waals surface area contributed by atoms with Gasteiger partial charge in [0.05, 0.1) is 11.3 Å². The minimum Gasteiger partial charge on any atom is -0.325 e. The molecule has 0 unspecified atom stereocenters. The van der Waals surface area contributed by atoms with Crippen molar-refractivity contribution in [2.24, 2.45) is 0 Å². The van der Waals surface area contributed by atoms with Gasteiger partial charge in [0.25, 0.3) is 0 Å². The summed E-state index contributed by atoms with van der Waals surface area (Å²) >= 11 is 0. The molecule has 0 spiro atoms. The maximum Gasteiger partial charge on any atom is 0.225 e. The summed E-state index contributed by atoms with van der Waals surface area (Å²) in [6.45, 7) is 1.62. The van der Waals surface area contributed by atoms with Crippen LogP contribution in [0.3, 0.4) is 0 Å². The first-order valence-electron chi connectivity index (χ1n) is 9.83. The fraction of sp³-hybridized carbons (Fsp3) is 0.391. The van der Waals surface area contributed by atoms with Crippen LogP contribution in [-0.2, 0) is 11.3 Å². The molecule has 0 heterocycles. The molecule has 0 aliphatic heterocycles. The molecule has 0 saturated heterocycles. The standard InChI is InChI=1S/C23H27N3O/c24-17-20-11-7-8-14-22(20)25-23(27)15-16-26(21-12-5-2-6-13-21)18-19-9-3-1-4-10-19/h1,3-4,7-11,14,21H,2,5-6,12-13,15-16,18H2,(H,25,27). The van der Waals surface area contributed by atoms with E-state index < -0.39 is 0 Å². The summed E-state index contributed by atoms with van der Waals surface area (Å²) in [4.78, 5) is 14.9. The Kier molecular flexibility index (Phi) is 7.01. The summed E-state index contributed by atoms with van der Waals surface area (Å²) in [5.74, 6) is -0.0356. The number of amides is 1. The Labute approximate surface area is 161 Å². The van der Waals surface area contributed by atoms with Crippen molar-refractivity contribution in [1.29, 1.82) is 5.26 Å². The molecule has 2 aromatic rings. The number of nitriles is 1. The van der Waals surface area contributed by atoms with Gasteiger partial charge in [0.2, 0.25) is 5.91 Å². The molecule has 1 N–H and O–H groups in total. The molecule has 1 fully saturated rings. The highest BCUT2D eigenvalue weighted by Crippen LogP contribution is 2.24. The van der Waals surface area contributed by atoms with Crippen LogP contribution in [0.5, 0.6) is 0 Å². The van der Waals surface area contributed by atoms with Crippen molar-refractivity contribution in [1.82, 2.24) is 4.90 Å². The van der Waals surface area contributed by atoms with E-state index in [1.807, 2.05) is 12.1 Å². The number of benzene rings is 2. The number of rotatable bonds is 7. The van der Waals surface area contributed by atoms with Crippen LogP contribution in [0.1, 0.15) is 49.7 Å². The van der Waals surface area contributed by atoms with Gasteiger partial charge in [-0.05, 0) is 30.5 Å². The molecule has 1 saturated carbocycles. The zero-order valence-electron chi connectivity index (χ0n) is 15.7. The van der Waals surface area contributed by atoms with Gasteiger partial charge < -0.3 is 5.32 Å². The molecule has 3 rings (SSSR count). The van der Waals surface area contributed by atoms with Crippen molar-refractivity contribution in [3.63, 3.8) is 0 Å². The molecule has 0 aromatic heterocycles. The number of nitrogens with zero attached hydrogens (tertiary/aromatic N) is 2. The highest BCUT2D eigenvalue weighted by Gasteiger charge is 2.22. The molecule has 0 atom stereocenters. The summed E-state index contributed by atoms with van der Waals surface area (Å²) in [5, 5.41) is 12.1. The molecule has 0 radical (unpaired) electrons. The molecule has 4 nitrogen and oxygen atoms in total. The van der Waals surface area contributed by atoms with Gasteiger partial charge in [-0.25, -0.2) is 0 Å². The quantitative estimate of drug-likeness (QED) is 0.776. The second kappa shape index (κ2) is 9.89. The molecule has 1 aliphatic carbocycles. The van der Waals surface area contributed by atoms with Gasteiger partial charge in [0.1, 0.15) is 6.07 Å². The molecular formula is C23H27N3O. The van der Waals surface area contributed by atoms with E-state index in [4.69, 9.17) is 0 Å². The molecule has 1 aliphatic rings. The van der Waals surface area contributed by atoms with Crippen molar-refractivity contribution >= 4 is 11.6 Å². The fourth-order valence-corrected chi connectivity index (χ4v) is 3.80. The molecule has 27 heavy (non-hydrogen) atoms. The highest BCUT2D eigenvalue weighted by atomic mass is 16.1. The van der Waals surface area contributed by atoms with E-state index in [-0.39, 0.29) is 5.91 Å². The van der Waals surface area contributed by atoms with Gasteiger partial charge in [0, 0.05) is 25.6 Å². The number of anilines is 1. The SMILES string of the molecule is N#Cc1ccccc1NC(=O)CCN(Cc1ccccc1)C1CCCCC1. The van der Waals surface area contributed by atoms with E-state index in [9.17, 15) is 10.1 Å². The zero-order chi connectivity index (χ0) is 18.9. The molecule has 0 bridgehead atoms. The second-order valence-electron chi connectivity index (χ2n) is 7.20. The molecular weight excluding hydrogens is 334 g/mol. The number of hydrogen-bond donors (Lipinski definition) is 1. The third-order valence-electron chi connectivity index (χ3n) is 5.27. The Bertz CT molecular complexity index is 776. The number of nitrogens with one attached hydrogen (secondary N) is 1. The minimum atomic E-state index is -0.0356. The number of carbonyl (C=O) groups excluding carboxylic acids is 1. The minimum absolute atomic E-state index is 0.0356. The van der Waals surface area contributed by atoms with E-state index in [0.29, 0.717) is 23.7 Å². The van der Waals surface area contributed by atoms with Gasteiger partial charge in [-0.15, -0.1) is 0 Å². The van der Waals surface area contributed by atoms with Crippen LogP contribution in [0.15, 0.2) is 54.6 Å². The molecule has 1 amide bonds. The summed E-state index contributed by atoms with van der Waals surface area (Å²) in [7, 11) is 0. The number of carbonyl (C=O) groups is 1. The Morgan fingerprint density at radius 2 is 1.74 bits per heavy atom. The lowest BCUT2D eigenvalue weighted by Crippen LogP contribution is -2.38. The van der Waals surface area contributed by atoms with Gasteiger partial charge in [-0.3, -0.25) is 9.69 Å². The smallest absolute Gasteiger partial charge is 0.225 e. The number of para-hydroxylation sites is 1. The maximum absolute atomic E-state index is 12.5. The van der Waals surface area contributed by atoms with Crippen LogP contribution >= 0.6 is 0 Å². The Morgan fingerprint density at radius 3 is 2.48 bits per heavy atom. The zero-order valence-corrected chi connectivity index (χ0v) is 15.7. The Morgan fingerprint density at radius 1 is 1.04 bits per heavy atom. The predicted octanol–water partition coefficient (Wildman–Crippen LogP) is 4.72. The largest absolute Gasteiger partial charge is 0.325 e. The first kappa shape index (κ1) is 19.1. The normalized spacial score (nSPS) is 14.7. The predicted molar refractivity (Wildman–Crippen MR) is 108 cm³/mol. The summed E-state index contributed by atoms with van der Waals surface area (Å²) < 4.78 is 0. The first-order chi connectivity index (χ1) is 13.3. The van der Waals surface area contributed by atoms with Crippen LogP contribution < -0.4 is 5.32 Å². The summed E-state index contributed by atoms with van der Waals surface area (Å²) in [6.07, 6.45) is 6.73. The summed E-state index contributed by atoms with van der Waals surface area (Å²) in [6, 6.07) is 20.3. The Balaban J connectivity index is 1.61. The van der Waals surface area contributed by atoms with E-state index in [0.717, 1.165) is 13.1 Å². The molecule has 4 heteroatoms. The van der Waals surface area contributed by atoms with Gasteiger partial charge in [-0.1, -0.05) is 61.7 Å². The van der Waals surface area contributed by atoms with Gasteiger partial charge in [0.15, 0.2) is 0 Å². The monoisotopic (exact) mass is 361 g/mol. The molecule has 140 valence electrons. The van der Waals surface area contributed by atoms with Crippen LogP contribution in [0.2, 0.25) is 0 Å². The average molecular weight is 361 g/mol. The van der Waals surface area contributed by atoms with Crippen LogP contribution in [0.4, 0.5) is 5.69 Å². The highest BCUT2D eigenvalue weighted by molar-refractivity contribution is 5.92. The Hall–Kier alpha value is -2.64. The van der Waals surface area contributed by atoms with Crippen molar-refractivity contribution in [2.45, 2.75) is 51.1 Å². The van der Waals surface area contributed by atoms with Crippen LogP contribution in [0, 0.1) is 11.3 Å². The lowest BCUT2D eigenvalue weighted by atomic mass is 9.93. The lowest BCUT2D eigenvalue weighted by Gasteiger charge is -2.34. The van der Waals surface area contributed by atoms with Crippen molar-refractivity contribution in [2.75, 3.05) is 11.9 Å². The first-order valence-corrected chi connectivity index (χ1v) is 9.83. The van der Waals surface area contributed by atoms with Gasteiger partial charge >= 0.3 is 0 Å². The van der Waals surface area contributed by atoms with E-state index in [1.165, 1.54) is 37.7 Å². The summed E-state index contributed by atoms with van der Waals surface area (Å²) in [5.41, 5.74) is 2.38. The maximum atomic E-state index is 12.5. The van der Waals surface area contributed by atoms with Crippen molar-refractivity contribution < 1.29 is 4.79 Å². The lowest BCUT2D eigenvalue weighted by molar-refractivity contribution is -0.116. The van der Waals surface area contributed by atoms with E-state index in [2.05, 4.69) is 40.6 Å². The fourth-order valence-electron chi connectivity index (χ4n) is 3.80. The third kappa shape index (κ3) is 5.67. The third-order valence-corrected chi connectivity index (χ3v) is 5.27. The number of hydrogen-bond acceptors (Lipinski definition) is 3. The average Bonchev–Trinajstić information content (AvgIpc) is 2.73. The topological polar surface area (TPSA) is 56.1 Å².